The molecule has 0 aliphatic rings. The molecule has 2 heterocycles. The Hall–Kier alpha value is -3.35. The van der Waals surface area contributed by atoms with Crippen molar-refractivity contribution in [3.8, 4) is 5.75 Å². The van der Waals surface area contributed by atoms with E-state index in [0.717, 1.165) is 12.2 Å². The third-order valence-electron chi connectivity index (χ3n) is 3.74. The topological polar surface area (TPSA) is 89.3 Å². The molecule has 0 fully saturated rings. The van der Waals surface area contributed by atoms with Gasteiger partial charge in [0.05, 0.1) is 32.3 Å². The van der Waals surface area contributed by atoms with Gasteiger partial charge < -0.3 is 19.8 Å². The lowest BCUT2D eigenvalue weighted by molar-refractivity contribution is 0.0942. The van der Waals surface area contributed by atoms with E-state index < -0.39 is 0 Å². The van der Waals surface area contributed by atoms with Crippen LogP contribution in [0.15, 0.2) is 59.5 Å². The van der Waals surface area contributed by atoms with Crippen LogP contribution in [0.25, 0.3) is 0 Å². The standard InChI is InChI=1S/C19H20N4O3/c1-25-15-5-2-4-14(10-15)7-8-20-18-13-21-17(12-22-18)19(24)23-11-16-6-3-9-26-16/h2-6,9-10,12-13H,7-8,11H2,1H3,(H,20,22)(H,23,24). The summed E-state index contributed by atoms with van der Waals surface area (Å²) < 4.78 is 10.4. The van der Waals surface area contributed by atoms with Gasteiger partial charge in [0, 0.05) is 6.54 Å². The summed E-state index contributed by atoms with van der Waals surface area (Å²) in [5.74, 6) is 1.85. The van der Waals surface area contributed by atoms with Crippen molar-refractivity contribution in [3.05, 3.63) is 72.1 Å². The molecule has 0 saturated heterocycles. The van der Waals surface area contributed by atoms with Crippen LogP contribution in [0.5, 0.6) is 5.75 Å². The molecule has 0 radical (unpaired) electrons. The summed E-state index contributed by atoms with van der Waals surface area (Å²) in [6.07, 6.45) is 5.39. The lowest BCUT2D eigenvalue weighted by atomic mass is 10.1. The molecule has 0 saturated carbocycles. The molecular formula is C19H20N4O3. The molecule has 0 atom stereocenters. The maximum Gasteiger partial charge on any atom is 0.271 e. The van der Waals surface area contributed by atoms with Crippen LogP contribution >= 0.6 is 0 Å². The van der Waals surface area contributed by atoms with Gasteiger partial charge in [-0.2, -0.15) is 0 Å². The Morgan fingerprint density at radius 1 is 1.19 bits per heavy atom. The number of carbonyl (C=O) groups is 1. The number of aromatic nitrogens is 2. The van der Waals surface area contributed by atoms with Crippen molar-refractivity contribution in [1.82, 2.24) is 15.3 Å². The van der Waals surface area contributed by atoms with Crippen LogP contribution in [-0.2, 0) is 13.0 Å². The third kappa shape index (κ3) is 4.83. The second-order valence-electron chi connectivity index (χ2n) is 5.58. The molecule has 7 nitrogen and oxygen atoms in total. The number of benzene rings is 1. The Morgan fingerprint density at radius 3 is 2.85 bits per heavy atom. The molecule has 1 amide bonds. The lowest BCUT2D eigenvalue weighted by Gasteiger charge is -2.07. The molecule has 2 N–H and O–H groups in total. The number of furan rings is 1. The van der Waals surface area contributed by atoms with Gasteiger partial charge in [-0.15, -0.1) is 0 Å². The van der Waals surface area contributed by atoms with E-state index in [1.54, 1.807) is 31.7 Å². The van der Waals surface area contributed by atoms with Crippen LogP contribution < -0.4 is 15.4 Å². The van der Waals surface area contributed by atoms with E-state index in [9.17, 15) is 4.79 Å². The summed E-state index contributed by atoms with van der Waals surface area (Å²) in [5, 5.41) is 5.92. The van der Waals surface area contributed by atoms with E-state index in [1.807, 2.05) is 24.3 Å². The van der Waals surface area contributed by atoms with Gasteiger partial charge in [-0.3, -0.25) is 4.79 Å². The fourth-order valence-electron chi connectivity index (χ4n) is 2.37. The normalized spacial score (nSPS) is 10.3. The predicted molar refractivity (Wildman–Crippen MR) is 97.1 cm³/mol. The largest absolute Gasteiger partial charge is 0.497 e. The van der Waals surface area contributed by atoms with E-state index in [2.05, 4.69) is 20.6 Å². The fraction of sp³-hybridized carbons (Fsp3) is 0.211. The highest BCUT2D eigenvalue weighted by atomic mass is 16.5. The zero-order valence-corrected chi connectivity index (χ0v) is 14.4. The Labute approximate surface area is 151 Å². The van der Waals surface area contributed by atoms with Crippen molar-refractivity contribution in [2.24, 2.45) is 0 Å². The summed E-state index contributed by atoms with van der Waals surface area (Å²) in [5.41, 5.74) is 1.42. The second-order valence-corrected chi connectivity index (χ2v) is 5.58. The highest BCUT2D eigenvalue weighted by Crippen LogP contribution is 2.13. The number of nitrogens with zero attached hydrogens (tertiary/aromatic N) is 2. The molecular weight excluding hydrogens is 332 g/mol. The minimum Gasteiger partial charge on any atom is -0.497 e. The monoisotopic (exact) mass is 352 g/mol. The average molecular weight is 352 g/mol. The summed E-state index contributed by atoms with van der Waals surface area (Å²) in [7, 11) is 1.65. The first-order chi connectivity index (χ1) is 12.7. The van der Waals surface area contributed by atoms with Crippen LogP contribution in [-0.4, -0.2) is 29.5 Å². The van der Waals surface area contributed by atoms with Crippen molar-refractivity contribution >= 4 is 11.7 Å². The molecule has 0 aliphatic heterocycles. The number of hydrogen-bond donors (Lipinski definition) is 2. The van der Waals surface area contributed by atoms with Crippen molar-refractivity contribution in [3.63, 3.8) is 0 Å². The third-order valence-corrected chi connectivity index (χ3v) is 3.74. The number of rotatable bonds is 8. The van der Waals surface area contributed by atoms with E-state index >= 15 is 0 Å². The number of amides is 1. The summed E-state index contributed by atoms with van der Waals surface area (Å²) in [6.45, 7) is 1.01. The summed E-state index contributed by atoms with van der Waals surface area (Å²) in [4.78, 5) is 20.4. The molecule has 2 aromatic heterocycles. The number of methoxy groups -OCH3 is 1. The number of ether oxygens (including phenoxy) is 1. The first-order valence-corrected chi connectivity index (χ1v) is 8.24. The molecule has 0 bridgehead atoms. The molecule has 7 heteroatoms. The first kappa shape index (κ1) is 17.5. The maximum absolute atomic E-state index is 12.0. The van der Waals surface area contributed by atoms with E-state index in [-0.39, 0.29) is 11.6 Å². The molecule has 0 spiro atoms. The SMILES string of the molecule is COc1cccc(CCNc2cnc(C(=O)NCc3ccco3)cn2)c1. The molecule has 0 aliphatic carbocycles. The van der Waals surface area contributed by atoms with Gasteiger partial charge in [0.2, 0.25) is 0 Å². The lowest BCUT2D eigenvalue weighted by Crippen LogP contribution is -2.23. The van der Waals surface area contributed by atoms with Crippen molar-refractivity contribution in [2.75, 3.05) is 19.0 Å². The Kier molecular flexibility index (Phi) is 5.82. The fourth-order valence-corrected chi connectivity index (χ4v) is 2.37. The maximum atomic E-state index is 12.0. The number of nitrogens with one attached hydrogen (secondary N) is 2. The van der Waals surface area contributed by atoms with Crippen LogP contribution in [0.3, 0.4) is 0 Å². The Morgan fingerprint density at radius 2 is 2.12 bits per heavy atom. The number of hydrogen-bond acceptors (Lipinski definition) is 6. The minimum atomic E-state index is -0.295. The molecule has 3 aromatic rings. The van der Waals surface area contributed by atoms with Crippen molar-refractivity contribution in [2.45, 2.75) is 13.0 Å². The van der Waals surface area contributed by atoms with Gasteiger partial charge in [0.15, 0.2) is 0 Å². The van der Waals surface area contributed by atoms with E-state index in [4.69, 9.17) is 9.15 Å². The van der Waals surface area contributed by atoms with Crippen molar-refractivity contribution in [1.29, 1.82) is 0 Å². The minimum absolute atomic E-state index is 0.259. The van der Waals surface area contributed by atoms with E-state index in [1.165, 1.54) is 11.8 Å². The summed E-state index contributed by atoms with van der Waals surface area (Å²) >= 11 is 0. The smallest absolute Gasteiger partial charge is 0.271 e. The van der Waals surface area contributed by atoms with Gasteiger partial charge >= 0.3 is 0 Å². The Bertz CT molecular complexity index is 832. The van der Waals surface area contributed by atoms with Gasteiger partial charge in [0.25, 0.3) is 5.91 Å². The predicted octanol–water partition coefficient (Wildman–Crippen LogP) is 2.66. The molecule has 0 unspecified atom stereocenters. The second kappa shape index (κ2) is 8.66. The van der Waals surface area contributed by atoms with Crippen LogP contribution in [0.2, 0.25) is 0 Å². The molecule has 26 heavy (non-hydrogen) atoms. The van der Waals surface area contributed by atoms with Crippen LogP contribution in [0, 0.1) is 0 Å². The van der Waals surface area contributed by atoms with Gasteiger partial charge in [0.1, 0.15) is 23.0 Å². The van der Waals surface area contributed by atoms with Crippen LogP contribution in [0.4, 0.5) is 5.82 Å². The van der Waals surface area contributed by atoms with Gasteiger partial charge in [-0.1, -0.05) is 12.1 Å². The quantitative estimate of drug-likeness (QED) is 0.648. The zero-order chi connectivity index (χ0) is 18.2. The average Bonchev–Trinajstić information content (AvgIpc) is 3.20. The highest BCUT2D eigenvalue weighted by molar-refractivity contribution is 5.91. The van der Waals surface area contributed by atoms with Gasteiger partial charge in [-0.25, -0.2) is 9.97 Å². The Balaban J connectivity index is 1.47. The van der Waals surface area contributed by atoms with Gasteiger partial charge in [-0.05, 0) is 36.2 Å². The first-order valence-electron chi connectivity index (χ1n) is 8.24. The highest BCUT2D eigenvalue weighted by Gasteiger charge is 2.08. The van der Waals surface area contributed by atoms with Crippen LogP contribution in [0.1, 0.15) is 21.8 Å². The number of carbonyl (C=O) groups excluding carboxylic acids is 1. The molecule has 134 valence electrons. The van der Waals surface area contributed by atoms with Crippen molar-refractivity contribution < 1.29 is 13.9 Å². The summed E-state index contributed by atoms with van der Waals surface area (Å²) in [6, 6.07) is 11.5. The van der Waals surface area contributed by atoms with E-state index in [0.29, 0.717) is 24.7 Å². The molecule has 3 rings (SSSR count). The zero-order valence-electron chi connectivity index (χ0n) is 14.4. The number of anilines is 1. The molecule has 1 aromatic carbocycles.